The zero-order valence-corrected chi connectivity index (χ0v) is 34.2. The molecule has 0 aliphatic heterocycles. The lowest BCUT2D eigenvalue weighted by Gasteiger charge is -2.34. The highest BCUT2D eigenvalue weighted by atomic mass is 32.2. The van der Waals surface area contributed by atoms with Crippen LogP contribution < -0.4 is 0 Å². The molecule has 46 heavy (non-hydrogen) atoms. The molecular formula is C40H64N2S4. The van der Waals surface area contributed by atoms with Gasteiger partial charge in [0.2, 0.25) is 0 Å². The van der Waals surface area contributed by atoms with Crippen molar-refractivity contribution in [3.8, 4) is 11.1 Å². The predicted molar refractivity (Wildman–Crippen MR) is 220 cm³/mol. The quantitative estimate of drug-likeness (QED) is 0.126. The molecule has 2 nitrogen and oxygen atoms in total. The van der Waals surface area contributed by atoms with Crippen LogP contribution in [0.3, 0.4) is 0 Å². The second-order valence-electron chi connectivity index (χ2n) is 13.3. The highest BCUT2D eigenvalue weighted by Gasteiger charge is 2.42. The Bertz CT molecular complexity index is 1190. The number of aryl methyl sites for hydroxylation is 1. The fraction of sp³-hybridized carbons (Fsp3) is 0.650. The molecule has 0 saturated carbocycles. The number of nitrogens with zero attached hydrogens (tertiary/aromatic N) is 2. The van der Waals surface area contributed by atoms with Gasteiger partial charge in [-0.15, -0.1) is 0 Å². The SMILES string of the molecule is CC.CCN(CC)C(=S)SCCCCCC1(CCCCCSC(=S)N(CC)CC)c2cc(C)ccc2-c2ccc(C(C)(C)C)cc21. The van der Waals surface area contributed by atoms with Gasteiger partial charge in [-0.25, -0.2) is 0 Å². The first-order chi connectivity index (χ1) is 22.0. The van der Waals surface area contributed by atoms with Crippen LogP contribution in [0.4, 0.5) is 0 Å². The van der Waals surface area contributed by atoms with E-state index in [2.05, 4.69) is 102 Å². The van der Waals surface area contributed by atoms with Gasteiger partial charge in [-0.1, -0.05) is 150 Å². The molecule has 258 valence electrons. The summed E-state index contributed by atoms with van der Waals surface area (Å²) in [5, 5.41) is 0. The van der Waals surface area contributed by atoms with Crippen molar-refractivity contribution in [3.63, 3.8) is 0 Å². The maximum absolute atomic E-state index is 5.69. The standard InChI is InChI=1S/C38H58N2S4.C2H6/c1-9-39(10-2)35(41)43-25-17-13-15-23-38(24-16-14-18-26-44-36(42)40(11-3)12-4)33-27-29(5)19-21-31(33)32-22-20-30(28-34(32)38)37(6,7)8;1-2/h19-22,27-28H,9-18,23-26H2,1-8H3;1-2H3. The minimum absolute atomic E-state index is 0.0886. The fourth-order valence-corrected chi connectivity index (χ4v) is 9.56. The Labute approximate surface area is 303 Å². The van der Waals surface area contributed by atoms with Crippen molar-refractivity contribution in [3.05, 3.63) is 58.7 Å². The van der Waals surface area contributed by atoms with Crippen molar-refractivity contribution < 1.29 is 0 Å². The molecule has 0 N–H and O–H groups in total. The Morgan fingerprint density at radius 3 is 1.52 bits per heavy atom. The molecule has 0 saturated heterocycles. The van der Waals surface area contributed by atoms with E-state index in [1.54, 1.807) is 11.1 Å². The van der Waals surface area contributed by atoms with Crippen molar-refractivity contribution in [1.29, 1.82) is 0 Å². The zero-order chi connectivity index (χ0) is 34.3. The molecule has 1 aliphatic carbocycles. The number of unbranched alkanes of at least 4 members (excludes halogenated alkanes) is 4. The summed E-state index contributed by atoms with van der Waals surface area (Å²) in [6.45, 7) is 26.1. The van der Waals surface area contributed by atoms with Crippen LogP contribution in [0.5, 0.6) is 0 Å². The molecule has 0 spiro atoms. The van der Waals surface area contributed by atoms with Gasteiger partial charge in [0.15, 0.2) is 0 Å². The molecule has 0 bridgehead atoms. The molecule has 0 aromatic heterocycles. The lowest BCUT2D eigenvalue weighted by Crippen LogP contribution is -2.27. The lowest BCUT2D eigenvalue weighted by molar-refractivity contribution is 0.405. The van der Waals surface area contributed by atoms with Gasteiger partial charge in [-0.05, 0) is 93.5 Å². The Kier molecular flexibility index (Phi) is 18.3. The first-order valence-corrected chi connectivity index (χ1v) is 20.9. The van der Waals surface area contributed by atoms with Crippen LogP contribution in [0.15, 0.2) is 36.4 Å². The number of benzene rings is 2. The minimum Gasteiger partial charge on any atom is -0.358 e. The van der Waals surface area contributed by atoms with Gasteiger partial charge in [0.25, 0.3) is 0 Å². The average Bonchev–Trinajstić information content (AvgIpc) is 3.30. The summed E-state index contributed by atoms with van der Waals surface area (Å²) in [5.41, 5.74) is 9.14. The Balaban J connectivity index is 0.00000361. The van der Waals surface area contributed by atoms with Crippen LogP contribution in [0, 0.1) is 6.92 Å². The van der Waals surface area contributed by atoms with Crippen molar-refractivity contribution >= 4 is 56.6 Å². The molecule has 0 amide bonds. The normalized spacial score (nSPS) is 13.0. The van der Waals surface area contributed by atoms with Gasteiger partial charge in [0, 0.05) is 43.1 Å². The molecule has 0 fully saturated rings. The third-order valence-electron chi connectivity index (χ3n) is 9.37. The fourth-order valence-electron chi connectivity index (χ4n) is 6.62. The molecule has 0 heterocycles. The Morgan fingerprint density at radius 1 is 0.652 bits per heavy atom. The van der Waals surface area contributed by atoms with Crippen molar-refractivity contribution in [2.45, 2.75) is 131 Å². The molecule has 2 aromatic rings. The van der Waals surface area contributed by atoms with Crippen molar-refractivity contribution in [2.75, 3.05) is 37.7 Å². The number of thiocarbonyl (C=S) groups is 2. The smallest absolute Gasteiger partial charge is 0.136 e. The van der Waals surface area contributed by atoms with Gasteiger partial charge in [0.1, 0.15) is 8.64 Å². The van der Waals surface area contributed by atoms with E-state index in [9.17, 15) is 0 Å². The summed E-state index contributed by atoms with van der Waals surface area (Å²) >= 11 is 15.1. The second-order valence-corrected chi connectivity index (χ2v) is 16.8. The van der Waals surface area contributed by atoms with Gasteiger partial charge in [0.05, 0.1) is 0 Å². The highest BCUT2D eigenvalue weighted by Crippen LogP contribution is 2.55. The van der Waals surface area contributed by atoms with Crippen molar-refractivity contribution in [1.82, 2.24) is 9.80 Å². The van der Waals surface area contributed by atoms with E-state index in [0.717, 1.165) is 46.3 Å². The number of fused-ring (bicyclic) bond motifs is 3. The summed E-state index contributed by atoms with van der Waals surface area (Å²) in [4.78, 5) is 4.60. The third-order valence-corrected chi connectivity index (χ3v) is 12.6. The lowest BCUT2D eigenvalue weighted by atomic mass is 9.69. The molecule has 1 aliphatic rings. The van der Waals surface area contributed by atoms with E-state index in [4.69, 9.17) is 24.4 Å². The summed E-state index contributed by atoms with van der Waals surface area (Å²) in [6, 6.07) is 14.6. The number of hydrogen-bond donors (Lipinski definition) is 0. The first kappa shape index (κ1) is 41.1. The molecule has 0 radical (unpaired) electrons. The van der Waals surface area contributed by atoms with E-state index >= 15 is 0 Å². The zero-order valence-electron chi connectivity index (χ0n) is 30.9. The van der Waals surface area contributed by atoms with Crippen LogP contribution >= 0.6 is 48.0 Å². The summed E-state index contributed by atoms with van der Waals surface area (Å²) in [7, 11) is 0. The van der Waals surface area contributed by atoms with Crippen LogP contribution in [0.2, 0.25) is 0 Å². The summed E-state index contributed by atoms with van der Waals surface area (Å²) in [5.74, 6) is 2.24. The monoisotopic (exact) mass is 700 g/mol. The first-order valence-electron chi connectivity index (χ1n) is 18.1. The van der Waals surface area contributed by atoms with E-state index in [-0.39, 0.29) is 10.8 Å². The molecule has 0 unspecified atom stereocenters. The van der Waals surface area contributed by atoms with E-state index in [1.165, 1.54) is 73.6 Å². The molecule has 2 aromatic carbocycles. The van der Waals surface area contributed by atoms with E-state index < -0.39 is 0 Å². The minimum atomic E-state index is 0.0886. The molecule has 0 atom stereocenters. The van der Waals surface area contributed by atoms with Gasteiger partial charge >= 0.3 is 0 Å². The number of rotatable bonds is 16. The predicted octanol–water partition coefficient (Wildman–Crippen LogP) is 12.4. The maximum atomic E-state index is 5.69. The average molecular weight is 701 g/mol. The van der Waals surface area contributed by atoms with E-state index in [1.807, 2.05) is 37.4 Å². The molecule has 6 heteroatoms. The second kappa shape index (κ2) is 20.4. The molecular weight excluding hydrogens is 637 g/mol. The Hall–Kier alpha value is -1.08. The Morgan fingerprint density at radius 2 is 1.09 bits per heavy atom. The van der Waals surface area contributed by atoms with Crippen molar-refractivity contribution in [2.24, 2.45) is 0 Å². The van der Waals surface area contributed by atoms with E-state index in [0.29, 0.717) is 0 Å². The largest absolute Gasteiger partial charge is 0.358 e. The maximum Gasteiger partial charge on any atom is 0.136 e. The van der Waals surface area contributed by atoms with Gasteiger partial charge in [-0.3, -0.25) is 0 Å². The topological polar surface area (TPSA) is 6.48 Å². The van der Waals surface area contributed by atoms with Gasteiger partial charge in [-0.2, -0.15) is 0 Å². The van der Waals surface area contributed by atoms with Crippen LogP contribution in [-0.2, 0) is 10.8 Å². The van der Waals surface area contributed by atoms with Crippen LogP contribution in [0.1, 0.15) is 136 Å². The highest BCUT2D eigenvalue weighted by molar-refractivity contribution is 8.23. The number of thioether (sulfide) groups is 2. The van der Waals surface area contributed by atoms with Gasteiger partial charge < -0.3 is 9.80 Å². The summed E-state index contributed by atoms with van der Waals surface area (Å²) in [6.07, 6.45) is 9.89. The molecule has 3 rings (SSSR count). The number of hydrogen-bond acceptors (Lipinski definition) is 4. The van der Waals surface area contributed by atoms with Crippen LogP contribution in [-0.4, -0.2) is 56.1 Å². The third kappa shape index (κ3) is 11.0. The van der Waals surface area contributed by atoms with Crippen LogP contribution in [0.25, 0.3) is 11.1 Å². The summed E-state index contributed by atoms with van der Waals surface area (Å²) < 4.78 is 2.12.